The van der Waals surface area contributed by atoms with Crippen LogP contribution in [0.15, 0.2) is 48.5 Å². The summed E-state index contributed by atoms with van der Waals surface area (Å²) in [6, 6.07) is 13.9. The first-order chi connectivity index (χ1) is 14.5. The monoisotopic (exact) mass is 426 g/mol. The van der Waals surface area contributed by atoms with Gasteiger partial charge in [-0.3, -0.25) is 24.1 Å². The SMILES string of the molecule is COc1ccc(C(=O)CCCC(=O)Nc2ccc(CN3C(=O)CSC3=O)cc2)cc1. The van der Waals surface area contributed by atoms with Gasteiger partial charge in [-0.2, -0.15) is 0 Å². The summed E-state index contributed by atoms with van der Waals surface area (Å²) in [5.74, 6) is 0.500. The standard InChI is InChI=1S/C22H22N2O5S/c1-29-18-11-7-16(8-12-18)19(25)3-2-4-20(26)23-17-9-5-15(6-10-17)13-24-21(27)14-30-22(24)28/h5-12H,2-4,13-14H2,1H3,(H,23,26). The number of hydrogen-bond acceptors (Lipinski definition) is 6. The molecule has 1 N–H and O–H groups in total. The van der Waals surface area contributed by atoms with Crippen LogP contribution in [0, 0.1) is 0 Å². The number of hydrogen-bond donors (Lipinski definition) is 1. The third-order valence-electron chi connectivity index (χ3n) is 4.64. The Kier molecular flexibility index (Phi) is 7.24. The van der Waals surface area contributed by atoms with Crippen LogP contribution in [-0.4, -0.2) is 40.6 Å². The predicted octanol–water partition coefficient (Wildman–Crippen LogP) is 3.88. The third kappa shape index (κ3) is 5.70. The molecule has 0 bridgehead atoms. The van der Waals surface area contributed by atoms with Crippen molar-refractivity contribution in [3.63, 3.8) is 0 Å². The topological polar surface area (TPSA) is 92.8 Å². The zero-order chi connectivity index (χ0) is 21.5. The zero-order valence-electron chi connectivity index (χ0n) is 16.6. The molecule has 0 radical (unpaired) electrons. The number of anilines is 1. The van der Waals surface area contributed by atoms with Crippen LogP contribution in [-0.2, 0) is 16.1 Å². The van der Waals surface area contributed by atoms with Gasteiger partial charge in [0.05, 0.1) is 19.4 Å². The molecule has 0 spiro atoms. The summed E-state index contributed by atoms with van der Waals surface area (Å²) < 4.78 is 5.07. The van der Waals surface area contributed by atoms with Gasteiger partial charge in [0.25, 0.3) is 5.24 Å². The fraction of sp³-hybridized carbons (Fsp3) is 0.273. The number of carbonyl (C=O) groups excluding carboxylic acids is 4. The van der Waals surface area contributed by atoms with Crippen molar-refractivity contribution in [2.45, 2.75) is 25.8 Å². The maximum atomic E-state index is 12.2. The fourth-order valence-corrected chi connectivity index (χ4v) is 3.69. The van der Waals surface area contributed by atoms with E-state index >= 15 is 0 Å². The van der Waals surface area contributed by atoms with Gasteiger partial charge in [0.15, 0.2) is 5.78 Å². The Morgan fingerprint density at radius 2 is 1.73 bits per heavy atom. The molecule has 156 valence electrons. The molecule has 0 atom stereocenters. The van der Waals surface area contributed by atoms with Crippen molar-refractivity contribution in [3.8, 4) is 5.75 Å². The third-order valence-corrected chi connectivity index (χ3v) is 5.50. The Morgan fingerprint density at radius 1 is 1.03 bits per heavy atom. The highest BCUT2D eigenvalue weighted by molar-refractivity contribution is 8.14. The molecule has 0 unspecified atom stereocenters. The summed E-state index contributed by atoms with van der Waals surface area (Å²) >= 11 is 1.00. The second kappa shape index (κ2) is 10.1. The molecular formula is C22H22N2O5S. The van der Waals surface area contributed by atoms with Crippen molar-refractivity contribution in [2.24, 2.45) is 0 Å². The molecule has 0 aromatic heterocycles. The highest BCUT2D eigenvalue weighted by atomic mass is 32.2. The van der Waals surface area contributed by atoms with Crippen LogP contribution in [0.2, 0.25) is 0 Å². The first kappa shape index (κ1) is 21.6. The molecule has 0 saturated carbocycles. The van der Waals surface area contributed by atoms with Gasteiger partial charge in [0, 0.05) is 24.1 Å². The first-order valence-electron chi connectivity index (χ1n) is 9.49. The van der Waals surface area contributed by atoms with Crippen molar-refractivity contribution in [2.75, 3.05) is 18.2 Å². The highest BCUT2D eigenvalue weighted by Crippen LogP contribution is 2.22. The van der Waals surface area contributed by atoms with E-state index in [1.807, 2.05) is 0 Å². The van der Waals surface area contributed by atoms with Crippen LogP contribution < -0.4 is 10.1 Å². The van der Waals surface area contributed by atoms with Gasteiger partial charge < -0.3 is 10.1 Å². The summed E-state index contributed by atoms with van der Waals surface area (Å²) in [4.78, 5) is 48.8. The smallest absolute Gasteiger partial charge is 0.289 e. The lowest BCUT2D eigenvalue weighted by atomic mass is 10.1. The first-order valence-corrected chi connectivity index (χ1v) is 10.5. The Bertz CT molecular complexity index is 925. The normalized spacial score (nSPS) is 13.4. The number of thioether (sulfide) groups is 1. The molecule has 3 rings (SSSR count). The second-order valence-electron chi connectivity index (χ2n) is 6.78. The molecule has 7 nitrogen and oxygen atoms in total. The predicted molar refractivity (Wildman–Crippen MR) is 115 cm³/mol. The van der Waals surface area contributed by atoms with E-state index in [0.29, 0.717) is 23.4 Å². The highest BCUT2D eigenvalue weighted by Gasteiger charge is 2.29. The van der Waals surface area contributed by atoms with E-state index in [4.69, 9.17) is 4.74 Å². The fourth-order valence-electron chi connectivity index (χ4n) is 2.96. The lowest BCUT2D eigenvalue weighted by molar-refractivity contribution is -0.125. The van der Waals surface area contributed by atoms with E-state index in [-0.39, 0.29) is 48.0 Å². The van der Waals surface area contributed by atoms with Crippen molar-refractivity contribution in [3.05, 3.63) is 59.7 Å². The van der Waals surface area contributed by atoms with E-state index in [9.17, 15) is 19.2 Å². The van der Waals surface area contributed by atoms with Crippen LogP contribution >= 0.6 is 11.8 Å². The van der Waals surface area contributed by atoms with Crippen molar-refractivity contribution in [1.29, 1.82) is 0 Å². The zero-order valence-corrected chi connectivity index (χ0v) is 17.4. The maximum Gasteiger partial charge on any atom is 0.289 e. The van der Waals surface area contributed by atoms with Gasteiger partial charge in [0.1, 0.15) is 5.75 Å². The Morgan fingerprint density at radius 3 is 2.33 bits per heavy atom. The summed E-state index contributed by atoms with van der Waals surface area (Å²) in [7, 11) is 1.57. The molecule has 3 amide bonds. The maximum absolute atomic E-state index is 12.2. The molecule has 30 heavy (non-hydrogen) atoms. The van der Waals surface area contributed by atoms with E-state index in [2.05, 4.69) is 5.32 Å². The molecule has 2 aromatic carbocycles. The van der Waals surface area contributed by atoms with E-state index in [1.54, 1.807) is 55.6 Å². The van der Waals surface area contributed by atoms with Gasteiger partial charge >= 0.3 is 0 Å². The van der Waals surface area contributed by atoms with Crippen molar-refractivity contribution in [1.82, 2.24) is 4.90 Å². The molecule has 1 fully saturated rings. The van der Waals surface area contributed by atoms with Crippen LogP contribution in [0.3, 0.4) is 0 Å². The quantitative estimate of drug-likeness (QED) is 0.612. The number of nitrogens with one attached hydrogen (secondary N) is 1. The summed E-state index contributed by atoms with van der Waals surface area (Å²) in [5.41, 5.74) is 2.03. The second-order valence-corrected chi connectivity index (χ2v) is 7.71. The number of benzene rings is 2. The van der Waals surface area contributed by atoms with Gasteiger partial charge in [0.2, 0.25) is 11.8 Å². The minimum atomic E-state index is -0.235. The van der Waals surface area contributed by atoms with Crippen molar-refractivity contribution < 1.29 is 23.9 Å². The Labute approximate surface area is 178 Å². The van der Waals surface area contributed by atoms with Crippen LogP contribution in [0.1, 0.15) is 35.2 Å². The van der Waals surface area contributed by atoms with Crippen LogP contribution in [0.25, 0.3) is 0 Å². The van der Waals surface area contributed by atoms with E-state index in [1.165, 1.54) is 4.90 Å². The molecule has 2 aromatic rings. The molecule has 8 heteroatoms. The summed E-state index contributed by atoms with van der Waals surface area (Å²) in [5, 5.41) is 2.56. The van der Waals surface area contributed by atoms with Crippen molar-refractivity contribution >= 4 is 40.3 Å². The minimum absolute atomic E-state index is 0.0148. The molecule has 0 aliphatic carbocycles. The van der Waals surface area contributed by atoms with Gasteiger partial charge in [-0.15, -0.1) is 0 Å². The molecule has 1 heterocycles. The number of carbonyl (C=O) groups is 4. The largest absolute Gasteiger partial charge is 0.497 e. The van der Waals surface area contributed by atoms with E-state index < -0.39 is 0 Å². The summed E-state index contributed by atoms with van der Waals surface area (Å²) in [6.45, 7) is 0.229. The van der Waals surface area contributed by atoms with Gasteiger partial charge in [-0.25, -0.2) is 0 Å². The average molecular weight is 426 g/mol. The molecule has 1 aliphatic rings. The number of amides is 3. The van der Waals surface area contributed by atoms with Crippen LogP contribution in [0.5, 0.6) is 5.75 Å². The Balaban J connectivity index is 1.42. The number of ketones is 1. The molecule has 1 aliphatic heterocycles. The number of nitrogens with zero attached hydrogens (tertiary/aromatic N) is 1. The Hall–Kier alpha value is -3.13. The van der Waals surface area contributed by atoms with Gasteiger partial charge in [-0.1, -0.05) is 23.9 Å². The van der Waals surface area contributed by atoms with Gasteiger partial charge in [-0.05, 0) is 48.4 Å². The summed E-state index contributed by atoms with van der Waals surface area (Å²) in [6.07, 6.45) is 0.970. The lowest BCUT2D eigenvalue weighted by Crippen LogP contribution is -2.27. The lowest BCUT2D eigenvalue weighted by Gasteiger charge is -2.13. The van der Waals surface area contributed by atoms with E-state index in [0.717, 1.165) is 17.3 Å². The average Bonchev–Trinajstić information content (AvgIpc) is 3.07. The molecular weight excluding hydrogens is 404 g/mol. The number of rotatable bonds is 9. The molecule has 1 saturated heterocycles. The minimum Gasteiger partial charge on any atom is -0.497 e. The number of ether oxygens (including phenoxy) is 1. The number of imide groups is 1. The number of methoxy groups -OCH3 is 1. The van der Waals surface area contributed by atoms with Crippen LogP contribution in [0.4, 0.5) is 10.5 Å². The number of Topliss-reactive ketones (excluding diaryl/α,β-unsaturated/α-hetero) is 1.